The van der Waals surface area contributed by atoms with Gasteiger partial charge in [-0.1, -0.05) is 60.7 Å². The first kappa shape index (κ1) is 19.0. The van der Waals surface area contributed by atoms with E-state index in [2.05, 4.69) is 4.90 Å². The molecular weight excluding hydrogens is 360 g/mol. The molecule has 0 N–H and O–H groups in total. The summed E-state index contributed by atoms with van der Waals surface area (Å²) >= 11 is 0. The summed E-state index contributed by atoms with van der Waals surface area (Å²) in [5.74, 6) is 0.682. The van der Waals surface area contributed by atoms with Crippen LogP contribution in [0.15, 0.2) is 84.9 Å². The molecule has 4 rings (SSSR count). The average molecular weight is 384 g/mol. The van der Waals surface area contributed by atoms with Crippen molar-refractivity contribution in [3.8, 4) is 17.0 Å². The van der Waals surface area contributed by atoms with Gasteiger partial charge in [-0.2, -0.15) is 0 Å². The minimum absolute atomic E-state index is 0.0666. The van der Waals surface area contributed by atoms with Crippen molar-refractivity contribution in [3.63, 3.8) is 0 Å². The summed E-state index contributed by atoms with van der Waals surface area (Å²) in [6, 6.07) is 27.3. The molecule has 146 valence electrons. The van der Waals surface area contributed by atoms with Gasteiger partial charge >= 0.3 is 0 Å². The van der Waals surface area contributed by atoms with Crippen molar-refractivity contribution >= 4 is 16.8 Å². The van der Waals surface area contributed by atoms with Crippen LogP contribution in [0.2, 0.25) is 0 Å². The fourth-order valence-electron chi connectivity index (χ4n) is 3.46. The average Bonchev–Trinajstić information content (AvgIpc) is 3.08. The maximum atomic E-state index is 13.5. The quantitative estimate of drug-likeness (QED) is 0.472. The SMILES string of the molecule is CN(C)CCOc1c(-c2ccccc2)n(C(=O)c2ccccc2)c2ccccc12. The normalized spacial score (nSPS) is 11.1. The highest BCUT2D eigenvalue weighted by atomic mass is 16.5. The number of ether oxygens (including phenoxy) is 1. The molecule has 0 aliphatic carbocycles. The molecular formula is C25H24N2O2. The summed E-state index contributed by atoms with van der Waals surface area (Å²) in [7, 11) is 4.04. The summed E-state index contributed by atoms with van der Waals surface area (Å²) < 4.78 is 8.05. The van der Waals surface area contributed by atoms with Crippen molar-refractivity contribution in [1.82, 2.24) is 9.47 Å². The predicted octanol–water partition coefficient (Wildman–Crippen LogP) is 4.94. The Hall–Kier alpha value is -3.37. The van der Waals surface area contributed by atoms with Gasteiger partial charge in [-0.15, -0.1) is 0 Å². The number of hydrogen-bond acceptors (Lipinski definition) is 3. The third kappa shape index (κ3) is 3.80. The van der Waals surface area contributed by atoms with Crippen molar-refractivity contribution in [3.05, 3.63) is 90.5 Å². The van der Waals surface area contributed by atoms with Gasteiger partial charge in [0.15, 0.2) is 5.75 Å². The molecule has 4 nitrogen and oxygen atoms in total. The molecule has 1 aromatic heterocycles. The molecule has 1 heterocycles. The molecule has 0 saturated carbocycles. The maximum Gasteiger partial charge on any atom is 0.262 e. The van der Waals surface area contributed by atoms with Gasteiger partial charge < -0.3 is 9.64 Å². The minimum atomic E-state index is -0.0666. The van der Waals surface area contributed by atoms with Crippen LogP contribution in [0.25, 0.3) is 22.2 Å². The first-order valence-corrected chi connectivity index (χ1v) is 9.73. The molecule has 0 fully saturated rings. The smallest absolute Gasteiger partial charge is 0.262 e. The molecule has 0 unspecified atom stereocenters. The van der Waals surface area contributed by atoms with Gasteiger partial charge in [-0.05, 0) is 38.4 Å². The lowest BCUT2D eigenvalue weighted by molar-refractivity contribution is 0.0966. The van der Waals surface area contributed by atoms with Gasteiger partial charge in [0.05, 0.1) is 11.2 Å². The van der Waals surface area contributed by atoms with Gasteiger partial charge in [0, 0.05) is 23.1 Å². The Kier molecular flexibility index (Phi) is 5.45. The first-order valence-electron chi connectivity index (χ1n) is 9.73. The lowest BCUT2D eigenvalue weighted by Crippen LogP contribution is -2.19. The fourth-order valence-corrected chi connectivity index (χ4v) is 3.46. The van der Waals surface area contributed by atoms with E-state index in [9.17, 15) is 4.79 Å². The minimum Gasteiger partial charge on any atom is -0.489 e. The van der Waals surface area contributed by atoms with E-state index in [1.807, 2.05) is 99.0 Å². The van der Waals surface area contributed by atoms with Crippen molar-refractivity contribution in [2.24, 2.45) is 0 Å². The van der Waals surface area contributed by atoms with Gasteiger partial charge in [0.1, 0.15) is 6.61 Å². The summed E-state index contributed by atoms with van der Waals surface area (Å²) in [6.45, 7) is 1.33. The van der Waals surface area contributed by atoms with E-state index in [1.54, 1.807) is 4.57 Å². The second kappa shape index (κ2) is 8.33. The van der Waals surface area contributed by atoms with Crippen LogP contribution in [0.5, 0.6) is 5.75 Å². The van der Waals surface area contributed by atoms with Crippen LogP contribution in [0.3, 0.4) is 0 Å². The topological polar surface area (TPSA) is 34.5 Å². The molecule has 0 saturated heterocycles. The molecule has 0 atom stereocenters. The van der Waals surface area contributed by atoms with Crippen LogP contribution in [-0.2, 0) is 0 Å². The predicted molar refractivity (Wildman–Crippen MR) is 118 cm³/mol. The fraction of sp³-hybridized carbons (Fsp3) is 0.160. The lowest BCUT2D eigenvalue weighted by Gasteiger charge is -2.14. The Labute approximate surface area is 171 Å². The molecule has 0 radical (unpaired) electrons. The molecule has 0 spiro atoms. The highest BCUT2D eigenvalue weighted by Crippen LogP contribution is 2.40. The Morgan fingerprint density at radius 1 is 0.862 bits per heavy atom. The van der Waals surface area contributed by atoms with Crippen LogP contribution in [0.4, 0.5) is 0 Å². The third-order valence-corrected chi connectivity index (χ3v) is 4.88. The second-order valence-corrected chi connectivity index (χ2v) is 7.22. The highest BCUT2D eigenvalue weighted by Gasteiger charge is 2.24. The van der Waals surface area contributed by atoms with Crippen LogP contribution in [-0.4, -0.2) is 42.6 Å². The van der Waals surface area contributed by atoms with Crippen molar-refractivity contribution < 1.29 is 9.53 Å². The van der Waals surface area contributed by atoms with Gasteiger partial charge in [-0.25, -0.2) is 0 Å². The van der Waals surface area contributed by atoms with E-state index in [0.717, 1.165) is 34.5 Å². The number of carbonyl (C=O) groups excluding carboxylic acids is 1. The third-order valence-electron chi connectivity index (χ3n) is 4.88. The van der Waals surface area contributed by atoms with E-state index in [-0.39, 0.29) is 5.91 Å². The summed E-state index contributed by atoms with van der Waals surface area (Å²) in [4.78, 5) is 15.6. The number of likely N-dealkylation sites (N-methyl/N-ethyl adjacent to an activating group) is 1. The Morgan fingerprint density at radius 2 is 1.48 bits per heavy atom. The number of nitrogens with zero attached hydrogens (tertiary/aromatic N) is 2. The number of carbonyl (C=O) groups is 1. The molecule has 0 aliphatic heterocycles. The Bertz CT molecular complexity index is 1120. The number of fused-ring (bicyclic) bond motifs is 1. The highest BCUT2D eigenvalue weighted by molar-refractivity contribution is 6.09. The largest absolute Gasteiger partial charge is 0.489 e. The molecule has 0 aliphatic rings. The summed E-state index contributed by atoms with van der Waals surface area (Å²) in [6.07, 6.45) is 0. The van der Waals surface area contributed by atoms with Gasteiger partial charge in [0.25, 0.3) is 5.91 Å². The number of aromatic nitrogens is 1. The second-order valence-electron chi connectivity index (χ2n) is 7.22. The molecule has 4 heteroatoms. The molecule has 0 amide bonds. The summed E-state index contributed by atoms with van der Waals surface area (Å²) in [5, 5.41) is 0.939. The van der Waals surface area contributed by atoms with E-state index in [4.69, 9.17) is 4.74 Å². The van der Waals surface area contributed by atoms with E-state index in [0.29, 0.717) is 12.2 Å². The first-order chi connectivity index (χ1) is 14.2. The van der Waals surface area contributed by atoms with Crippen molar-refractivity contribution in [1.29, 1.82) is 0 Å². The van der Waals surface area contributed by atoms with Crippen LogP contribution in [0.1, 0.15) is 10.4 Å². The molecule has 29 heavy (non-hydrogen) atoms. The number of para-hydroxylation sites is 1. The van der Waals surface area contributed by atoms with Crippen molar-refractivity contribution in [2.45, 2.75) is 0 Å². The number of rotatable bonds is 6. The standard InChI is InChI=1S/C25H24N2O2/c1-26(2)17-18-29-24-21-15-9-10-16-22(21)27(23(24)19-11-5-3-6-12-19)25(28)20-13-7-4-8-14-20/h3-16H,17-18H2,1-2H3. The Morgan fingerprint density at radius 3 is 2.17 bits per heavy atom. The zero-order chi connectivity index (χ0) is 20.2. The number of hydrogen-bond donors (Lipinski definition) is 0. The van der Waals surface area contributed by atoms with Gasteiger partial charge in [0.2, 0.25) is 0 Å². The maximum absolute atomic E-state index is 13.5. The molecule has 4 aromatic rings. The van der Waals surface area contributed by atoms with Crippen molar-refractivity contribution in [2.75, 3.05) is 27.2 Å². The lowest BCUT2D eigenvalue weighted by atomic mass is 10.1. The van der Waals surface area contributed by atoms with E-state index < -0.39 is 0 Å². The van der Waals surface area contributed by atoms with E-state index in [1.165, 1.54) is 0 Å². The molecule has 3 aromatic carbocycles. The Balaban J connectivity index is 1.95. The zero-order valence-electron chi connectivity index (χ0n) is 16.7. The van der Waals surface area contributed by atoms with Crippen LogP contribution < -0.4 is 4.74 Å². The van der Waals surface area contributed by atoms with Gasteiger partial charge in [-0.3, -0.25) is 9.36 Å². The number of benzene rings is 3. The van der Waals surface area contributed by atoms with E-state index >= 15 is 0 Å². The molecule has 0 bridgehead atoms. The monoisotopic (exact) mass is 384 g/mol. The summed E-state index contributed by atoms with van der Waals surface area (Å²) in [5.41, 5.74) is 3.23. The zero-order valence-corrected chi connectivity index (χ0v) is 16.7. The van der Waals surface area contributed by atoms with Crippen LogP contribution in [0, 0.1) is 0 Å². The van der Waals surface area contributed by atoms with Crippen LogP contribution >= 0.6 is 0 Å².